The second kappa shape index (κ2) is 3.61. The highest BCUT2D eigenvalue weighted by molar-refractivity contribution is 9.10. The lowest BCUT2D eigenvalue weighted by molar-refractivity contribution is 0.145. The van der Waals surface area contributed by atoms with Gasteiger partial charge in [0.15, 0.2) is 0 Å². The van der Waals surface area contributed by atoms with Gasteiger partial charge >= 0.3 is 0 Å². The van der Waals surface area contributed by atoms with Gasteiger partial charge in [-0.15, -0.1) is 0 Å². The molecule has 0 aliphatic rings. The predicted octanol–water partition coefficient (Wildman–Crippen LogP) is 3.93. The molecular formula is C10H6BrF2N. The van der Waals surface area contributed by atoms with Crippen LogP contribution in [0.2, 0.25) is 0 Å². The first kappa shape index (κ1) is 9.52. The Bertz CT molecular complexity index is 471. The molecule has 0 unspecified atom stereocenters. The third-order valence-electron chi connectivity index (χ3n) is 1.91. The molecule has 0 N–H and O–H groups in total. The lowest BCUT2D eigenvalue weighted by Crippen LogP contribution is -1.92. The number of rotatable bonds is 1. The highest BCUT2D eigenvalue weighted by Gasteiger charge is 2.13. The Morgan fingerprint density at radius 3 is 2.64 bits per heavy atom. The van der Waals surface area contributed by atoms with E-state index in [0.717, 1.165) is 5.39 Å². The maximum atomic E-state index is 12.5. The van der Waals surface area contributed by atoms with Gasteiger partial charge in [-0.2, -0.15) is 0 Å². The molecule has 0 bridgehead atoms. The topological polar surface area (TPSA) is 12.9 Å². The smallest absolute Gasteiger partial charge is 0.246 e. The van der Waals surface area contributed by atoms with Gasteiger partial charge < -0.3 is 0 Å². The summed E-state index contributed by atoms with van der Waals surface area (Å²) in [5.74, 6) is 0. The van der Waals surface area contributed by atoms with Crippen LogP contribution >= 0.6 is 15.9 Å². The number of benzene rings is 1. The summed E-state index contributed by atoms with van der Waals surface area (Å²) in [6.45, 7) is 0. The molecule has 14 heavy (non-hydrogen) atoms. The Labute approximate surface area is 87.9 Å². The molecule has 0 spiro atoms. The SMILES string of the molecule is FC(F)c1nc2ccccc2cc1Br. The van der Waals surface area contributed by atoms with Crippen molar-refractivity contribution in [2.75, 3.05) is 0 Å². The van der Waals surface area contributed by atoms with Gasteiger partial charge in [0.05, 0.1) is 5.52 Å². The number of para-hydroxylation sites is 1. The summed E-state index contributed by atoms with van der Waals surface area (Å²) in [5.41, 5.74) is 0.384. The van der Waals surface area contributed by atoms with Gasteiger partial charge in [-0.1, -0.05) is 18.2 Å². The fourth-order valence-corrected chi connectivity index (χ4v) is 1.77. The van der Waals surface area contributed by atoms with Crippen LogP contribution in [0.4, 0.5) is 8.78 Å². The minimum absolute atomic E-state index is 0.205. The van der Waals surface area contributed by atoms with E-state index in [1.54, 1.807) is 18.2 Å². The molecule has 72 valence electrons. The van der Waals surface area contributed by atoms with E-state index in [0.29, 0.717) is 9.99 Å². The predicted molar refractivity (Wildman–Crippen MR) is 54.4 cm³/mol. The molecule has 0 atom stereocenters. The number of halogens is 3. The van der Waals surface area contributed by atoms with Crippen LogP contribution in [-0.4, -0.2) is 4.98 Å². The Balaban J connectivity index is 2.71. The maximum absolute atomic E-state index is 12.5. The first-order valence-electron chi connectivity index (χ1n) is 4.02. The Morgan fingerprint density at radius 1 is 1.21 bits per heavy atom. The van der Waals surface area contributed by atoms with Crippen LogP contribution in [0.1, 0.15) is 12.1 Å². The van der Waals surface area contributed by atoms with E-state index in [-0.39, 0.29) is 5.69 Å². The van der Waals surface area contributed by atoms with Crippen molar-refractivity contribution in [2.24, 2.45) is 0 Å². The standard InChI is InChI=1S/C10H6BrF2N/c11-7-5-6-3-1-2-4-8(6)14-9(7)10(12)13/h1-5,10H. The summed E-state index contributed by atoms with van der Waals surface area (Å²) < 4.78 is 25.3. The molecule has 0 fully saturated rings. The molecule has 0 amide bonds. The summed E-state index contributed by atoms with van der Waals surface area (Å²) in [6, 6.07) is 8.83. The molecule has 0 aliphatic heterocycles. The first-order chi connectivity index (χ1) is 6.68. The average molecular weight is 258 g/mol. The second-order valence-electron chi connectivity index (χ2n) is 2.85. The molecular weight excluding hydrogens is 252 g/mol. The molecule has 2 rings (SSSR count). The summed E-state index contributed by atoms with van der Waals surface area (Å²) in [5, 5.41) is 0.851. The van der Waals surface area contributed by atoms with Crippen molar-refractivity contribution in [1.82, 2.24) is 4.98 Å². The van der Waals surface area contributed by atoms with Gasteiger partial charge in [0.25, 0.3) is 6.43 Å². The highest BCUT2D eigenvalue weighted by Crippen LogP contribution is 2.28. The lowest BCUT2D eigenvalue weighted by Gasteiger charge is -2.04. The molecule has 1 aromatic carbocycles. The van der Waals surface area contributed by atoms with E-state index in [2.05, 4.69) is 20.9 Å². The zero-order valence-electron chi connectivity index (χ0n) is 7.05. The lowest BCUT2D eigenvalue weighted by atomic mass is 10.2. The zero-order valence-corrected chi connectivity index (χ0v) is 8.63. The first-order valence-corrected chi connectivity index (χ1v) is 4.81. The average Bonchev–Trinajstić information content (AvgIpc) is 2.16. The van der Waals surface area contributed by atoms with Gasteiger partial charge in [-0.05, 0) is 28.1 Å². The van der Waals surface area contributed by atoms with E-state index in [9.17, 15) is 8.78 Å². The van der Waals surface area contributed by atoms with Crippen molar-refractivity contribution in [3.8, 4) is 0 Å². The van der Waals surface area contributed by atoms with E-state index >= 15 is 0 Å². The van der Waals surface area contributed by atoms with Crippen LogP contribution in [0.15, 0.2) is 34.8 Å². The van der Waals surface area contributed by atoms with E-state index in [1.807, 2.05) is 12.1 Å². The second-order valence-corrected chi connectivity index (χ2v) is 3.70. The third-order valence-corrected chi connectivity index (χ3v) is 2.55. The minimum atomic E-state index is -2.55. The number of alkyl halides is 2. The van der Waals surface area contributed by atoms with Crippen LogP contribution in [0.5, 0.6) is 0 Å². The molecule has 0 aliphatic carbocycles. The van der Waals surface area contributed by atoms with Crippen molar-refractivity contribution in [3.63, 3.8) is 0 Å². The van der Waals surface area contributed by atoms with Crippen molar-refractivity contribution in [3.05, 3.63) is 40.5 Å². The largest absolute Gasteiger partial charge is 0.281 e. The third kappa shape index (κ3) is 1.62. The van der Waals surface area contributed by atoms with E-state index < -0.39 is 6.43 Å². The molecule has 1 heterocycles. The van der Waals surface area contributed by atoms with Crippen molar-refractivity contribution in [2.45, 2.75) is 6.43 Å². The monoisotopic (exact) mass is 257 g/mol. The molecule has 0 saturated carbocycles. The number of hydrogen-bond acceptors (Lipinski definition) is 1. The van der Waals surface area contributed by atoms with E-state index in [4.69, 9.17) is 0 Å². The van der Waals surface area contributed by atoms with Crippen LogP contribution in [0, 0.1) is 0 Å². The summed E-state index contributed by atoms with van der Waals surface area (Å²) in [6.07, 6.45) is -2.55. The molecule has 1 nitrogen and oxygen atoms in total. The Hall–Kier alpha value is -1.03. The van der Waals surface area contributed by atoms with Crippen molar-refractivity contribution in [1.29, 1.82) is 0 Å². The van der Waals surface area contributed by atoms with Crippen LogP contribution < -0.4 is 0 Å². The summed E-state index contributed by atoms with van der Waals surface area (Å²) in [4.78, 5) is 3.88. The van der Waals surface area contributed by atoms with Gasteiger partial charge in [0.1, 0.15) is 5.69 Å². The van der Waals surface area contributed by atoms with Gasteiger partial charge in [0, 0.05) is 9.86 Å². The van der Waals surface area contributed by atoms with Gasteiger partial charge in [-0.25, -0.2) is 13.8 Å². The highest BCUT2D eigenvalue weighted by atomic mass is 79.9. The summed E-state index contributed by atoms with van der Waals surface area (Å²) in [7, 11) is 0. The molecule has 2 aromatic rings. The Morgan fingerprint density at radius 2 is 1.93 bits per heavy atom. The maximum Gasteiger partial charge on any atom is 0.281 e. The van der Waals surface area contributed by atoms with Crippen molar-refractivity contribution >= 4 is 26.8 Å². The minimum Gasteiger partial charge on any atom is -0.246 e. The number of nitrogens with zero attached hydrogens (tertiary/aromatic N) is 1. The number of fused-ring (bicyclic) bond motifs is 1. The molecule has 4 heteroatoms. The van der Waals surface area contributed by atoms with Crippen LogP contribution in [0.25, 0.3) is 10.9 Å². The number of pyridine rings is 1. The number of aromatic nitrogens is 1. The van der Waals surface area contributed by atoms with Gasteiger partial charge in [0.2, 0.25) is 0 Å². The zero-order chi connectivity index (χ0) is 10.1. The fraction of sp³-hybridized carbons (Fsp3) is 0.100. The van der Waals surface area contributed by atoms with E-state index in [1.165, 1.54) is 0 Å². The van der Waals surface area contributed by atoms with Crippen LogP contribution in [0.3, 0.4) is 0 Å². The molecule has 0 radical (unpaired) electrons. The summed E-state index contributed by atoms with van der Waals surface area (Å²) >= 11 is 3.08. The van der Waals surface area contributed by atoms with Crippen LogP contribution in [-0.2, 0) is 0 Å². The van der Waals surface area contributed by atoms with Crippen molar-refractivity contribution < 1.29 is 8.78 Å². The molecule has 0 saturated heterocycles. The Kier molecular flexibility index (Phi) is 2.46. The quantitative estimate of drug-likeness (QED) is 0.755. The van der Waals surface area contributed by atoms with Gasteiger partial charge in [-0.3, -0.25) is 0 Å². The fourth-order valence-electron chi connectivity index (χ4n) is 1.26. The normalized spacial score (nSPS) is 11.1. The number of hydrogen-bond donors (Lipinski definition) is 0. The molecule has 1 aromatic heterocycles.